The van der Waals surface area contributed by atoms with Crippen LogP contribution < -0.4 is 4.90 Å². The van der Waals surface area contributed by atoms with Gasteiger partial charge in [-0.3, -0.25) is 19.8 Å². The maximum absolute atomic E-state index is 13.2. The molecule has 1 heterocycles. The average Bonchev–Trinajstić information content (AvgIpc) is 2.92. The van der Waals surface area contributed by atoms with E-state index in [-0.39, 0.29) is 27.4 Å². The lowest BCUT2D eigenvalue weighted by Gasteiger charge is -2.18. The predicted molar refractivity (Wildman–Crippen MR) is 109 cm³/mol. The quantitative estimate of drug-likeness (QED) is 0.320. The number of nitro groups is 1. The van der Waals surface area contributed by atoms with E-state index in [4.69, 9.17) is 16.3 Å². The zero-order chi connectivity index (χ0) is 21.3. The second-order valence-electron chi connectivity index (χ2n) is 6.45. The number of allylic oxidation sites excluding steroid dienone is 1. The lowest BCUT2D eigenvalue weighted by molar-refractivity contribution is -0.384. The van der Waals surface area contributed by atoms with Gasteiger partial charge in [0.2, 0.25) is 0 Å². The third kappa shape index (κ3) is 3.77. The fraction of sp³-hybridized carbons (Fsp3) is 0.143. The minimum atomic E-state index is -0.682. The molecule has 1 aliphatic rings. The number of rotatable bonds is 4. The van der Waals surface area contributed by atoms with Crippen LogP contribution in [0.1, 0.15) is 18.1 Å². The number of ether oxygens (including phenoxy) is 1. The maximum atomic E-state index is 13.2. The van der Waals surface area contributed by atoms with Gasteiger partial charge in [-0.25, -0.2) is 4.79 Å². The molecule has 2 aromatic carbocycles. The van der Waals surface area contributed by atoms with Crippen molar-refractivity contribution in [1.82, 2.24) is 0 Å². The van der Waals surface area contributed by atoms with Crippen LogP contribution in [0.3, 0.4) is 0 Å². The van der Waals surface area contributed by atoms with Gasteiger partial charge in [0.25, 0.3) is 11.6 Å². The van der Waals surface area contributed by atoms with Crippen LogP contribution in [0.2, 0.25) is 5.02 Å². The summed E-state index contributed by atoms with van der Waals surface area (Å²) in [7, 11) is 1.22. The summed E-state index contributed by atoms with van der Waals surface area (Å²) in [5.74, 6) is -1.13. The Labute approximate surface area is 172 Å². The Kier molecular flexibility index (Phi) is 5.52. The van der Waals surface area contributed by atoms with E-state index in [1.54, 1.807) is 13.0 Å². The summed E-state index contributed by atoms with van der Waals surface area (Å²) >= 11 is 6.17. The van der Waals surface area contributed by atoms with Crippen LogP contribution in [0, 0.1) is 17.0 Å². The number of carbonyl (C=O) groups is 2. The molecule has 3 rings (SSSR count). The molecule has 1 aliphatic heterocycles. The van der Waals surface area contributed by atoms with Crippen molar-refractivity contribution in [2.75, 3.05) is 12.0 Å². The second kappa shape index (κ2) is 7.89. The van der Waals surface area contributed by atoms with Crippen molar-refractivity contribution in [2.45, 2.75) is 13.8 Å². The Hall–Kier alpha value is -3.45. The average molecular weight is 413 g/mol. The Morgan fingerprint density at radius 3 is 2.55 bits per heavy atom. The number of carbonyl (C=O) groups excluding carboxylic acids is 2. The third-order valence-electron chi connectivity index (χ3n) is 4.54. The van der Waals surface area contributed by atoms with Gasteiger partial charge in [0, 0.05) is 34.1 Å². The number of hydrogen-bond acceptors (Lipinski definition) is 5. The number of nitrogens with zero attached hydrogens (tertiary/aromatic N) is 2. The number of nitro benzene ring substituents is 1. The number of anilines is 1. The first-order valence-electron chi connectivity index (χ1n) is 8.61. The Morgan fingerprint density at radius 1 is 1.21 bits per heavy atom. The van der Waals surface area contributed by atoms with Crippen LogP contribution in [-0.4, -0.2) is 23.9 Å². The summed E-state index contributed by atoms with van der Waals surface area (Å²) in [5, 5.41) is 11.3. The van der Waals surface area contributed by atoms with Crippen molar-refractivity contribution < 1.29 is 19.2 Å². The maximum Gasteiger partial charge on any atom is 0.340 e. The third-order valence-corrected chi connectivity index (χ3v) is 4.88. The molecule has 0 aromatic heterocycles. The van der Waals surface area contributed by atoms with Crippen LogP contribution in [0.4, 0.5) is 11.4 Å². The molecule has 0 saturated heterocycles. The van der Waals surface area contributed by atoms with E-state index in [1.165, 1.54) is 36.3 Å². The van der Waals surface area contributed by atoms with Crippen LogP contribution in [0.25, 0.3) is 6.08 Å². The van der Waals surface area contributed by atoms with E-state index in [1.807, 2.05) is 25.1 Å². The van der Waals surface area contributed by atoms with Gasteiger partial charge in [0.15, 0.2) is 0 Å². The largest absolute Gasteiger partial charge is 0.465 e. The molecule has 0 bridgehead atoms. The van der Waals surface area contributed by atoms with Gasteiger partial charge in [-0.2, -0.15) is 0 Å². The van der Waals surface area contributed by atoms with Crippen molar-refractivity contribution in [3.05, 3.63) is 85.6 Å². The highest BCUT2D eigenvalue weighted by atomic mass is 35.5. The highest BCUT2D eigenvalue weighted by Crippen LogP contribution is 2.36. The number of esters is 1. The molecule has 0 atom stereocenters. The molecule has 2 aromatic rings. The van der Waals surface area contributed by atoms with Gasteiger partial charge in [-0.05, 0) is 43.7 Å². The minimum absolute atomic E-state index is 0.0539. The molecule has 8 heteroatoms. The van der Waals surface area contributed by atoms with Crippen molar-refractivity contribution in [3.63, 3.8) is 0 Å². The predicted octanol–water partition coefficient (Wildman–Crippen LogP) is 4.43. The first-order valence-corrected chi connectivity index (χ1v) is 8.98. The molecule has 0 N–H and O–H groups in total. The smallest absolute Gasteiger partial charge is 0.340 e. The van der Waals surface area contributed by atoms with Crippen LogP contribution in [0.5, 0.6) is 0 Å². The number of halogens is 1. The number of methoxy groups -OCH3 is 1. The summed E-state index contributed by atoms with van der Waals surface area (Å²) in [4.78, 5) is 37.6. The van der Waals surface area contributed by atoms with Gasteiger partial charge in [0.1, 0.15) is 0 Å². The topological polar surface area (TPSA) is 89.8 Å². The van der Waals surface area contributed by atoms with Crippen LogP contribution in [-0.2, 0) is 14.3 Å². The molecule has 29 heavy (non-hydrogen) atoms. The summed E-state index contributed by atoms with van der Waals surface area (Å²) < 4.78 is 4.86. The van der Waals surface area contributed by atoms with Gasteiger partial charge in [0.05, 0.1) is 23.2 Å². The molecule has 1 amide bonds. The first kappa shape index (κ1) is 20.3. The molecule has 7 nitrogen and oxygen atoms in total. The Morgan fingerprint density at radius 2 is 1.93 bits per heavy atom. The second-order valence-corrected chi connectivity index (χ2v) is 6.86. The minimum Gasteiger partial charge on any atom is -0.465 e. The Balaban J connectivity index is 2.19. The van der Waals surface area contributed by atoms with Gasteiger partial charge >= 0.3 is 5.97 Å². The lowest BCUT2D eigenvalue weighted by Crippen LogP contribution is -2.24. The van der Waals surface area contributed by atoms with Crippen molar-refractivity contribution in [1.29, 1.82) is 0 Å². The van der Waals surface area contributed by atoms with Gasteiger partial charge in [-0.1, -0.05) is 23.7 Å². The highest BCUT2D eigenvalue weighted by Gasteiger charge is 2.38. The molecule has 0 spiro atoms. The summed E-state index contributed by atoms with van der Waals surface area (Å²) in [6, 6.07) is 11.2. The van der Waals surface area contributed by atoms with E-state index in [0.717, 1.165) is 5.56 Å². The highest BCUT2D eigenvalue weighted by molar-refractivity contribution is 6.32. The Bertz CT molecular complexity index is 1100. The number of benzene rings is 2. The number of non-ortho nitro benzene ring substituents is 1. The fourth-order valence-electron chi connectivity index (χ4n) is 3.17. The normalized spacial score (nSPS) is 15.2. The van der Waals surface area contributed by atoms with Crippen LogP contribution in [0.15, 0.2) is 59.3 Å². The summed E-state index contributed by atoms with van der Waals surface area (Å²) in [5.41, 5.74) is 2.16. The molecular formula is C21H17ClN2O5. The first-order chi connectivity index (χ1) is 13.7. The van der Waals surface area contributed by atoms with Crippen molar-refractivity contribution in [2.24, 2.45) is 0 Å². The molecule has 0 aliphatic carbocycles. The molecule has 0 radical (unpaired) electrons. The molecular weight excluding hydrogens is 396 g/mol. The molecule has 0 unspecified atom stereocenters. The standard InChI is InChI=1S/C21H17ClN2O5/c1-12-5-4-6-15(9-12)23-13(2)19(21(26)29-3)17(20(23)25)11-14-10-16(24(27)28)7-8-18(14)22/h4-11H,1-3H3/b17-11-. The zero-order valence-corrected chi connectivity index (χ0v) is 16.7. The van der Waals surface area contributed by atoms with Crippen molar-refractivity contribution >= 4 is 40.9 Å². The molecule has 148 valence electrons. The summed E-state index contributed by atoms with van der Waals surface area (Å²) in [6.07, 6.45) is 1.38. The lowest BCUT2D eigenvalue weighted by atomic mass is 10.0. The summed E-state index contributed by atoms with van der Waals surface area (Å²) in [6.45, 7) is 3.53. The van der Waals surface area contributed by atoms with Crippen molar-refractivity contribution in [3.8, 4) is 0 Å². The number of amides is 1. The van der Waals surface area contributed by atoms with E-state index >= 15 is 0 Å². The monoisotopic (exact) mass is 412 g/mol. The van der Waals surface area contributed by atoms with E-state index in [9.17, 15) is 19.7 Å². The zero-order valence-electron chi connectivity index (χ0n) is 15.9. The number of hydrogen-bond donors (Lipinski definition) is 0. The fourth-order valence-corrected chi connectivity index (χ4v) is 3.34. The molecule has 0 fully saturated rings. The number of aryl methyl sites for hydroxylation is 1. The van der Waals surface area contributed by atoms with Crippen LogP contribution >= 0.6 is 11.6 Å². The van der Waals surface area contributed by atoms with E-state index in [2.05, 4.69) is 0 Å². The SMILES string of the molecule is COC(=O)C1=C(C)N(c2cccc(C)c2)C(=O)/C1=C\c1cc([N+](=O)[O-])ccc1Cl. The van der Waals surface area contributed by atoms with E-state index < -0.39 is 16.8 Å². The van der Waals surface area contributed by atoms with Gasteiger partial charge in [-0.15, -0.1) is 0 Å². The van der Waals surface area contributed by atoms with E-state index in [0.29, 0.717) is 11.4 Å². The van der Waals surface area contributed by atoms with Gasteiger partial charge < -0.3 is 4.74 Å². The molecule has 0 saturated carbocycles.